The summed E-state index contributed by atoms with van der Waals surface area (Å²) >= 11 is 3.98. The molecule has 1 aromatic carbocycles. The fraction of sp³-hybridized carbons (Fsp3) is 0.652. The summed E-state index contributed by atoms with van der Waals surface area (Å²) in [4.78, 5) is 26.6. The molecule has 1 atom stereocenters. The third-order valence-electron chi connectivity index (χ3n) is 5.17. The number of nitrogens with zero attached hydrogens (tertiary/aromatic N) is 1. The van der Waals surface area contributed by atoms with Gasteiger partial charge in [0.05, 0.1) is 4.58 Å². The molecule has 2 aliphatic heterocycles. The van der Waals surface area contributed by atoms with Crippen LogP contribution in [0.5, 0.6) is 5.75 Å². The molecule has 2 saturated heterocycles. The minimum absolute atomic E-state index is 0.00914. The Hall–Kier alpha value is -1.54. The second-order valence-electron chi connectivity index (χ2n) is 8.90. The number of amides is 2. The Morgan fingerprint density at radius 1 is 1.10 bits per heavy atom. The summed E-state index contributed by atoms with van der Waals surface area (Å²) in [6.45, 7) is 6.60. The van der Waals surface area contributed by atoms with Crippen LogP contribution in [0.1, 0.15) is 56.6 Å². The van der Waals surface area contributed by atoms with Crippen molar-refractivity contribution in [3.05, 3.63) is 29.8 Å². The summed E-state index contributed by atoms with van der Waals surface area (Å²) in [7, 11) is 0. The standard InChI is InChI=1S/C23H34N2O4S2/c1-23(2,3)29-22(27)24-15-18-7-4-5-12-25(18)20(26)16-28-19-10-8-17(9-11-19)21-30-13-6-14-31-21/h8-11,18,21H,4-7,12-16H2,1-3H3,(H,24,27). The lowest BCUT2D eigenvalue weighted by molar-refractivity contribution is -0.137. The first kappa shape index (κ1) is 24.1. The highest BCUT2D eigenvalue weighted by Crippen LogP contribution is 2.43. The van der Waals surface area contributed by atoms with Crippen LogP contribution in [-0.2, 0) is 9.53 Å². The van der Waals surface area contributed by atoms with Gasteiger partial charge in [0.1, 0.15) is 11.4 Å². The number of hydrogen-bond donors (Lipinski definition) is 1. The summed E-state index contributed by atoms with van der Waals surface area (Å²) in [6, 6.07) is 8.08. The highest BCUT2D eigenvalue weighted by atomic mass is 32.2. The van der Waals surface area contributed by atoms with Crippen LogP contribution in [-0.4, -0.2) is 59.7 Å². The number of benzene rings is 1. The predicted octanol–water partition coefficient (Wildman–Crippen LogP) is 4.84. The van der Waals surface area contributed by atoms with Crippen LogP contribution in [0.4, 0.5) is 4.79 Å². The molecule has 6 nitrogen and oxygen atoms in total. The van der Waals surface area contributed by atoms with Crippen LogP contribution in [0.3, 0.4) is 0 Å². The van der Waals surface area contributed by atoms with Crippen molar-refractivity contribution in [2.24, 2.45) is 0 Å². The van der Waals surface area contributed by atoms with Crippen molar-refractivity contribution in [3.8, 4) is 5.75 Å². The molecule has 0 aromatic heterocycles. The van der Waals surface area contributed by atoms with Gasteiger partial charge in [0, 0.05) is 19.1 Å². The van der Waals surface area contributed by atoms with E-state index < -0.39 is 11.7 Å². The molecule has 1 N–H and O–H groups in total. The average molecular weight is 467 g/mol. The first-order valence-electron chi connectivity index (χ1n) is 11.0. The van der Waals surface area contributed by atoms with E-state index in [1.165, 1.54) is 23.5 Å². The van der Waals surface area contributed by atoms with Crippen molar-refractivity contribution in [1.82, 2.24) is 10.2 Å². The van der Waals surface area contributed by atoms with Crippen LogP contribution in [0.25, 0.3) is 0 Å². The van der Waals surface area contributed by atoms with Gasteiger partial charge in [-0.05, 0) is 75.7 Å². The molecular weight excluding hydrogens is 432 g/mol. The van der Waals surface area contributed by atoms with Gasteiger partial charge < -0.3 is 19.7 Å². The normalized spacial score (nSPS) is 20.2. The quantitative estimate of drug-likeness (QED) is 0.647. The van der Waals surface area contributed by atoms with E-state index >= 15 is 0 Å². The molecule has 2 amide bonds. The smallest absolute Gasteiger partial charge is 0.407 e. The molecule has 31 heavy (non-hydrogen) atoms. The third kappa shape index (κ3) is 7.83. The summed E-state index contributed by atoms with van der Waals surface area (Å²) < 4.78 is 11.6. The highest BCUT2D eigenvalue weighted by Gasteiger charge is 2.28. The monoisotopic (exact) mass is 466 g/mol. The number of rotatable bonds is 6. The number of likely N-dealkylation sites (tertiary alicyclic amines) is 1. The zero-order valence-corrected chi connectivity index (χ0v) is 20.4. The van der Waals surface area contributed by atoms with Gasteiger partial charge in [-0.15, -0.1) is 23.5 Å². The molecular formula is C23H34N2O4S2. The van der Waals surface area contributed by atoms with Gasteiger partial charge in [-0.2, -0.15) is 0 Å². The molecule has 2 aliphatic rings. The maximum Gasteiger partial charge on any atom is 0.407 e. The van der Waals surface area contributed by atoms with E-state index in [1.54, 1.807) is 0 Å². The van der Waals surface area contributed by atoms with Crippen LogP contribution >= 0.6 is 23.5 Å². The largest absolute Gasteiger partial charge is 0.484 e. The highest BCUT2D eigenvalue weighted by molar-refractivity contribution is 8.16. The first-order valence-corrected chi connectivity index (χ1v) is 13.1. The van der Waals surface area contributed by atoms with Gasteiger partial charge in [-0.25, -0.2) is 4.79 Å². The summed E-state index contributed by atoms with van der Waals surface area (Å²) in [5.74, 6) is 3.09. The Labute approximate surface area is 194 Å². The summed E-state index contributed by atoms with van der Waals surface area (Å²) in [5.41, 5.74) is 0.766. The van der Waals surface area contributed by atoms with E-state index in [0.717, 1.165) is 19.3 Å². The van der Waals surface area contributed by atoms with Gasteiger partial charge >= 0.3 is 6.09 Å². The Morgan fingerprint density at radius 3 is 2.48 bits per heavy atom. The summed E-state index contributed by atoms with van der Waals surface area (Å²) in [5, 5.41) is 2.81. The molecule has 0 spiro atoms. The number of thioether (sulfide) groups is 2. The van der Waals surface area contributed by atoms with Gasteiger partial charge in [0.15, 0.2) is 6.61 Å². The second kappa shape index (κ2) is 11.4. The fourth-order valence-corrected chi connectivity index (χ4v) is 6.58. The lowest BCUT2D eigenvalue weighted by atomic mass is 10.0. The molecule has 172 valence electrons. The predicted molar refractivity (Wildman–Crippen MR) is 128 cm³/mol. The van der Waals surface area contributed by atoms with E-state index in [4.69, 9.17) is 9.47 Å². The number of alkyl carbamates (subject to hydrolysis) is 1. The van der Waals surface area contributed by atoms with Crippen molar-refractivity contribution in [3.63, 3.8) is 0 Å². The number of carbonyl (C=O) groups excluding carboxylic acids is 2. The molecule has 0 saturated carbocycles. The topological polar surface area (TPSA) is 67.9 Å². The number of ether oxygens (including phenoxy) is 2. The first-order chi connectivity index (χ1) is 14.8. The maximum absolute atomic E-state index is 12.8. The van der Waals surface area contributed by atoms with E-state index in [2.05, 4.69) is 17.4 Å². The zero-order chi connectivity index (χ0) is 22.3. The Kier molecular flexibility index (Phi) is 8.84. The molecule has 0 bridgehead atoms. The number of nitrogens with one attached hydrogen (secondary N) is 1. The van der Waals surface area contributed by atoms with Crippen molar-refractivity contribution >= 4 is 35.5 Å². The van der Waals surface area contributed by atoms with Crippen LogP contribution < -0.4 is 10.1 Å². The Morgan fingerprint density at radius 2 is 1.81 bits per heavy atom. The molecule has 2 heterocycles. The zero-order valence-electron chi connectivity index (χ0n) is 18.7. The average Bonchev–Trinajstić information content (AvgIpc) is 2.76. The van der Waals surface area contributed by atoms with Gasteiger partial charge in [-0.3, -0.25) is 4.79 Å². The molecule has 1 aromatic rings. The Balaban J connectivity index is 1.48. The van der Waals surface area contributed by atoms with Crippen LogP contribution in [0, 0.1) is 0 Å². The number of piperidine rings is 1. The summed E-state index contributed by atoms with van der Waals surface area (Å²) in [6.07, 6.45) is 3.72. The van der Waals surface area contributed by atoms with Crippen molar-refractivity contribution < 1.29 is 19.1 Å². The second-order valence-corrected chi connectivity index (χ2v) is 11.6. The van der Waals surface area contributed by atoms with Gasteiger partial charge in [0.2, 0.25) is 0 Å². The molecule has 0 radical (unpaired) electrons. The Bertz CT molecular complexity index is 730. The van der Waals surface area contributed by atoms with Gasteiger partial charge in [-0.1, -0.05) is 12.1 Å². The molecule has 1 unspecified atom stereocenters. The van der Waals surface area contributed by atoms with E-state index in [1.807, 2.05) is 61.3 Å². The van der Waals surface area contributed by atoms with Gasteiger partial charge in [0.25, 0.3) is 5.91 Å². The number of carbonyl (C=O) groups is 2. The number of hydrogen-bond acceptors (Lipinski definition) is 6. The fourth-order valence-electron chi connectivity index (χ4n) is 3.69. The molecule has 3 rings (SSSR count). The van der Waals surface area contributed by atoms with Crippen LogP contribution in [0.2, 0.25) is 0 Å². The maximum atomic E-state index is 12.8. The minimum atomic E-state index is -0.538. The molecule has 8 heteroatoms. The van der Waals surface area contributed by atoms with Crippen LogP contribution in [0.15, 0.2) is 24.3 Å². The van der Waals surface area contributed by atoms with Crippen molar-refractivity contribution in [2.45, 2.75) is 62.7 Å². The third-order valence-corrected chi connectivity index (χ3v) is 8.19. The lowest BCUT2D eigenvalue weighted by Gasteiger charge is -2.36. The lowest BCUT2D eigenvalue weighted by Crippen LogP contribution is -2.51. The molecule has 2 fully saturated rings. The van der Waals surface area contributed by atoms with E-state index in [-0.39, 0.29) is 18.6 Å². The van der Waals surface area contributed by atoms with Crippen molar-refractivity contribution in [1.29, 1.82) is 0 Å². The minimum Gasteiger partial charge on any atom is -0.484 e. The SMILES string of the molecule is CC(C)(C)OC(=O)NCC1CCCCN1C(=O)COc1ccc(C2SCCCS2)cc1. The van der Waals surface area contributed by atoms with Crippen molar-refractivity contribution in [2.75, 3.05) is 31.2 Å². The van der Waals surface area contributed by atoms with E-state index in [0.29, 0.717) is 23.4 Å². The van der Waals surface area contributed by atoms with E-state index in [9.17, 15) is 9.59 Å². The molecule has 0 aliphatic carbocycles.